The number of hydrogen-bond donors (Lipinski definition) is 0. The van der Waals surface area contributed by atoms with Gasteiger partial charge in [-0.1, -0.05) is 53.0 Å². The molecule has 2 aromatic carbocycles. The number of ether oxygens (including phenoxy) is 1. The summed E-state index contributed by atoms with van der Waals surface area (Å²) in [4.78, 5) is 25.7. The Morgan fingerprint density at radius 1 is 1.12 bits per heavy atom. The van der Waals surface area contributed by atoms with Crippen LogP contribution in [-0.4, -0.2) is 66.4 Å². The quantitative estimate of drug-likeness (QED) is 0.110. The molecule has 0 N–H and O–H groups in total. The van der Waals surface area contributed by atoms with E-state index < -0.39 is 27.2 Å². The molecule has 0 radical (unpaired) electrons. The number of nitro groups is 1. The van der Waals surface area contributed by atoms with Crippen LogP contribution in [0.25, 0.3) is 0 Å². The molecule has 0 spiro atoms. The van der Waals surface area contributed by atoms with Gasteiger partial charge >= 0.3 is 0 Å². The van der Waals surface area contributed by atoms with Crippen molar-refractivity contribution in [2.24, 2.45) is 0 Å². The lowest BCUT2D eigenvalue weighted by Gasteiger charge is -2.28. The fourth-order valence-electron chi connectivity index (χ4n) is 4.23. The minimum absolute atomic E-state index is 0.000100. The van der Waals surface area contributed by atoms with Gasteiger partial charge in [0, 0.05) is 55.8 Å². The van der Waals surface area contributed by atoms with E-state index in [2.05, 4.69) is 20.5 Å². The van der Waals surface area contributed by atoms with E-state index in [9.17, 15) is 23.3 Å². The number of benzene rings is 2. The molecule has 0 aliphatic rings. The van der Waals surface area contributed by atoms with Gasteiger partial charge in [-0.05, 0) is 54.8 Å². The third-order valence-corrected chi connectivity index (χ3v) is 9.19. The lowest BCUT2D eigenvalue weighted by molar-refractivity contribution is -0.384. The lowest BCUT2D eigenvalue weighted by Crippen LogP contribution is -2.43. The molecular formula is C28H34BrClN4O6S. The third kappa shape index (κ3) is 9.11. The maximum Gasteiger partial charge on any atom is 0.289 e. The average molecular weight is 670 g/mol. The summed E-state index contributed by atoms with van der Waals surface area (Å²) in [7, 11) is -2.76. The SMILES string of the molecule is CCCCN(Cc1cccn1Cc1ccc(Br)cc1)C(=O)CN(CCCOC)S(=O)(=O)c1ccc(Cl)c([N+](=O)[O-])c1. The molecule has 222 valence electrons. The Balaban J connectivity index is 1.86. The highest BCUT2D eigenvalue weighted by molar-refractivity contribution is 9.10. The zero-order valence-corrected chi connectivity index (χ0v) is 26.2. The van der Waals surface area contributed by atoms with Gasteiger partial charge in [0.15, 0.2) is 0 Å². The number of sulfonamides is 1. The van der Waals surface area contributed by atoms with E-state index in [0.29, 0.717) is 26.1 Å². The van der Waals surface area contributed by atoms with E-state index in [1.54, 1.807) is 4.90 Å². The topological polar surface area (TPSA) is 115 Å². The van der Waals surface area contributed by atoms with Crippen LogP contribution in [0, 0.1) is 10.1 Å². The van der Waals surface area contributed by atoms with Gasteiger partial charge in [0.25, 0.3) is 5.69 Å². The van der Waals surface area contributed by atoms with Crippen molar-refractivity contribution in [1.29, 1.82) is 0 Å². The van der Waals surface area contributed by atoms with Crippen LogP contribution in [0.15, 0.2) is 70.2 Å². The molecule has 0 bridgehead atoms. The summed E-state index contributed by atoms with van der Waals surface area (Å²) in [5.74, 6) is -0.362. The van der Waals surface area contributed by atoms with Crippen LogP contribution in [0.3, 0.4) is 0 Å². The van der Waals surface area contributed by atoms with Crippen LogP contribution in [-0.2, 0) is 32.6 Å². The summed E-state index contributed by atoms with van der Waals surface area (Å²) in [5, 5.41) is 11.2. The predicted molar refractivity (Wildman–Crippen MR) is 161 cm³/mol. The maximum atomic E-state index is 13.7. The van der Waals surface area contributed by atoms with Crippen molar-refractivity contribution >= 4 is 49.1 Å². The second-order valence-corrected chi connectivity index (χ2v) is 12.7. The molecule has 0 saturated carbocycles. The molecule has 0 fully saturated rings. The molecule has 0 saturated heterocycles. The summed E-state index contributed by atoms with van der Waals surface area (Å²) < 4.78 is 36.5. The fourth-order valence-corrected chi connectivity index (χ4v) is 6.13. The van der Waals surface area contributed by atoms with E-state index in [4.69, 9.17) is 16.3 Å². The first kappa shape index (κ1) is 32.7. The normalized spacial score (nSPS) is 11.6. The summed E-state index contributed by atoms with van der Waals surface area (Å²) in [6, 6.07) is 15.2. The number of hydrogen-bond acceptors (Lipinski definition) is 6. The maximum absolute atomic E-state index is 13.7. The van der Waals surface area contributed by atoms with Gasteiger partial charge in [0.05, 0.1) is 22.9 Å². The summed E-state index contributed by atoms with van der Waals surface area (Å²) in [5.41, 5.74) is 1.50. The number of nitrogens with zero attached hydrogens (tertiary/aromatic N) is 4. The Hall–Kier alpha value is -2.77. The highest BCUT2D eigenvalue weighted by Crippen LogP contribution is 2.29. The molecular weight excluding hydrogens is 636 g/mol. The van der Waals surface area contributed by atoms with Crippen molar-refractivity contribution < 1.29 is 22.9 Å². The van der Waals surface area contributed by atoms with E-state index in [0.717, 1.165) is 38.9 Å². The molecule has 3 rings (SSSR count). The van der Waals surface area contributed by atoms with Gasteiger partial charge in [-0.3, -0.25) is 14.9 Å². The summed E-state index contributed by atoms with van der Waals surface area (Å²) >= 11 is 9.36. The third-order valence-electron chi connectivity index (χ3n) is 6.50. The van der Waals surface area contributed by atoms with Crippen molar-refractivity contribution in [1.82, 2.24) is 13.8 Å². The number of methoxy groups -OCH3 is 1. The molecule has 0 aliphatic heterocycles. The van der Waals surface area contributed by atoms with Crippen LogP contribution in [0.5, 0.6) is 0 Å². The summed E-state index contributed by atoms with van der Waals surface area (Å²) in [6.45, 7) is 3.27. The highest BCUT2D eigenvalue weighted by atomic mass is 79.9. The molecule has 0 atom stereocenters. The number of carbonyl (C=O) groups excluding carboxylic acids is 1. The van der Waals surface area contributed by atoms with Crippen LogP contribution >= 0.6 is 27.5 Å². The van der Waals surface area contributed by atoms with Gasteiger partial charge in [-0.25, -0.2) is 8.42 Å². The van der Waals surface area contributed by atoms with Gasteiger partial charge in [-0.15, -0.1) is 0 Å². The van der Waals surface area contributed by atoms with Crippen molar-refractivity contribution in [3.63, 3.8) is 0 Å². The van der Waals surface area contributed by atoms with E-state index >= 15 is 0 Å². The second-order valence-electron chi connectivity index (χ2n) is 9.48. The number of aromatic nitrogens is 1. The second kappa shape index (κ2) is 15.5. The molecule has 1 aromatic heterocycles. The van der Waals surface area contributed by atoms with Crippen molar-refractivity contribution in [3.8, 4) is 0 Å². The van der Waals surface area contributed by atoms with Crippen LogP contribution in [0.1, 0.15) is 37.4 Å². The lowest BCUT2D eigenvalue weighted by atomic mass is 10.2. The van der Waals surface area contributed by atoms with Crippen LogP contribution in [0.4, 0.5) is 5.69 Å². The first-order valence-electron chi connectivity index (χ1n) is 13.2. The first-order valence-corrected chi connectivity index (χ1v) is 15.8. The Morgan fingerprint density at radius 2 is 1.85 bits per heavy atom. The van der Waals surface area contributed by atoms with Crippen molar-refractivity contribution in [2.45, 2.75) is 44.2 Å². The predicted octanol–water partition coefficient (Wildman–Crippen LogP) is 5.72. The average Bonchev–Trinajstić information content (AvgIpc) is 3.37. The Kier molecular flexibility index (Phi) is 12.3. The number of amides is 1. The van der Waals surface area contributed by atoms with Gasteiger partial charge in [-0.2, -0.15) is 4.31 Å². The standard InChI is InChI=1S/C28H34BrClN4O6S/c1-3-4-14-32(20-24-7-5-15-31(24)19-22-8-10-23(29)11-9-22)28(35)21-33(16-6-17-40-2)41(38,39)25-12-13-26(30)27(18-25)34(36)37/h5,7-13,15,18H,3-4,6,14,16-17,19-21H2,1-2H3. The largest absolute Gasteiger partial charge is 0.385 e. The molecule has 1 heterocycles. The van der Waals surface area contributed by atoms with Crippen LogP contribution < -0.4 is 0 Å². The molecule has 0 aliphatic carbocycles. The molecule has 1 amide bonds. The minimum Gasteiger partial charge on any atom is -0.385 e. The molecule has 10 nitrogen and oxygen atoms in total. The Labute approximate surface area is 254 Å². The Morgan fingerprint density at radius 3 is 2.51 bits per heavy atom. The molecule has 41 heavy (non-hydrogen) atoms. The number of nitro benzene ring substituents is 1. The zero-order valence-electron chi connectivity index (χ0n) is 23.0. The number of rotatable bonds is 16. The minimum atomic E-state index is -4.26. The summed E-state index contributed by atoms with van der Waals surface area (Å²) in [6.07, 6.45) is 3.89. The van der Waals surface area contributed by atoms with Crippen molar-refractivity contribution in [2.75, 3.05) is 33.4 Å². The fraction of sp³-hybridized carbons (Fsp3) is 0.393. The van der Waals surface area contributed by atoms with Gasteiger partial charge in [0.1, 0.15) is 5.02 Å². The molecule has 3 aromatic rings. The molecule has 13 heteroatoms. The monoisotopic (exact) mass is 668 g/mol. The Bertz CT molecular complexity index is 1430. The van der Waals surface area contributed by atoms with Gasteiger partial charge in [0.2, 0.25) is 15.9 Å². The zero-order chi connectivity index (χ0) is 30.0. The van der Waals surface area contributed by atoms with E-state index in [1.165, 1.54) is 19.2 Å². The van der Waals surface area contributed by atoms with Gasteiger partial charge < -0.3 is 14.2 Å². The smallest absolute Gasteiger partial charge is 0.289 e. The van der Waals surface area contributed by atoms with Crippen molar-refractivity contribution in [3.05, 3.63) is 91.7 Å². The van der Waals surface area contributed by atoms with E-state index in [1.807, 2.05) is 49.5 Å². The number of halogens is 2. The molecule has 0 unspecified atom stereocenters. The van der Waals surface area contributed by atoms with Crippen LogP contribution in [0.2, 0.25) is 5.02 Å². The highest BCUT2D eigenvalue weighted by Gasteiger charge is 2.30. The van der Waals surface area contributed by atoms with E-state index in [-0.39, 0.29) is 29.0 Å². The first-order chi connectivity index (χ1) is 19.6. The number of carbonyl (C=O) groups is 1. The number of unbranched alkanes of at least 4 members (excludes halogenated alkanes) is 1.